The molecular formula is C16H22N3O3S+. The van der Waals surface area contributed by atoms with Crippen LogP contribution in [0, 0.1) is 0 Å². The number of methoxy groups -OCH3 is 1. The number of likely N-dealkylation sites (N-methyl/N-ethyl adjacent to an activating group) is 1. The van der Waals surface area contributed by atoms with Crippen molar-refractivity contribution < 1.29 is 19.0 Å². The highest BCUT2D eigenvalue weighted by Crippen LogP contribution is 2.30. The Kier molecular flexibility index (Phi) is 4.99. The van der Waals surface area contributed by atoms with Gasteiger partial charge in [-0.15, -0.1) is 0 Å². The highest BCUT2D eigenvalue weighted by atomic mass is 32.2. The molecule has 0 N–H and O–H groups in total. The highest BCUT2D eigenvalue weighted by Gasteiger charge is 2.45. The van der Waals surface area contributed by atoms with E-state index in [2.05, 4.69) is 6.58 Å². The third-order valence-electron chi connectivity index (χ3n) is 3.91. The molecule has 2 rings (SSSR count). The van der Waals surface area contributed by atoms with Gasteiger partial charge in [-0.1, -0.05) is 6.58 Å². The first-order valence-electron chi connectivity index (χ1n) is 7.21. The average molecular weight is 336 g/mol. The minimum absolute atomic E-state index is 0.0622. The van der Waals surface area contributed by atoms with Gasteiger partial charge in [-0.05, 0) is 31.6 Å². The number of amides is 1. The summed E-state index contributed by atoms with van der Waals surface area (Å²) in [6.07, 6.45) is 3.41. The molecule has 0 bridgehead atoms. The maximum atomic E-state index is 12.7. The number of nitrogens with zero attached hydrogens (tertiary/aromatic N) is 3. The number of hydrazone groups is 1. The van der Waals surface area contributed by atoms with Crippen LogP contribution in [0.5, 0.6) is 0 Å². The molecule has 0 aromatic rings. The van der Waals surface area contributed by atoms with Crippen molar-refractivity contribution in [1.82, 2.24) is 9.91 Å². The lowest BCUT2D eigenvalue weighted by atomic mass is 10.1. The normalized spacial score (nSPS) is 22.0. The van der Waals surface area contributed by atoms with E-state index in [4.69, 9.17) is 4.74 Å². The van der Waals surface area contributed by atoms with E-state index in [0.717, 1.165) is 10.7 Å². The van der Waals surface area contributed by atoms with E-state index in [1.165, 1.54) is 18.9 Å². The SMILES string of the molecule is C=C(C=CC1=C(C)CN(C2=[N+](C)N(C)C(C(C)=O)S2)C1=O)OC. The van der Waals surface area contributed by atoms with Crippen LogP contribution < -0.4 is 0 Å². The molecule has 2 aliphatic rings. The second kappa shape index (κ2) is 6.62. The summed E-state index contributed by atoms with van der Waals surface area (Å²) in [6, 6.07) is 0. The first kappa shape index (κ1) is 17.3. The summed E-state index contributed by atoms with van der Waals surface area (Å²) < 4.78 is 6.84. The molecule has 0 spiro atoms. The lowest BCUT2D eigenvalue weighted by Gasteiger charge is -2.15. The summed E-state index contributed by atoms with van der Waals surface area (Å²) in [4.78, 5) is 26.1. The van der Waals surface area contributed by atoms with Gasteiger partial charge >= 0.3 is 11.1 Å². The zero-order chi connectivity index (χ0) is 17.3. The zero-order valence-electron chi connectivity index (χ0n) is 14.1. The highest BCUT2D eigenvalue weighted by molar-refractivity contribution is 8.14. The number of thioether (sulfide) groups is 1. The van der Waals surface area contributed by atoms with Crippen LogP contribution in [-0.2, 0) is 14.3 Å². The van der Waals surface area contributed by atoms with Crippen LogP contribution in [0.4, 0.5) is 0 Å². The average Bonchev–Trinajstić information content (AvgIpc) is 2.95. The Bertz CT molecular complexity index is 663. The Morgan fingerprint density at radius 3 is 2.70 bits per heavy atom. The predicted octanol–water partition coefficient (Wildman–Crippen LogP) is 1.37. The Balaban J connectivity index is 2.22. The summed E-state index contributed by atoms with van der Waals surface area (Å²) in [5, 5.41) is 2.31. The van der Waals surface area contributed by atoms with E-state index in [1.54, 1.807) is 24.0 Å². The number of rotatable bonds is 4. The molecule has 0 aliphatic carbocycles. The minimum Gasteiger partial charge on any atom is -0.497 e. The van der Waals surface area contributed by atoms with Crippen molar-refractivity contribution in [2.75, 3.05) is 27.7 Å². The predicted molar refractivity (Wildman–Crippen MR) is 90.7 cm³/mol. The van der Waals surface area contributed by atoms with Crippen LogP contribution in [0.1, 0.15) is 13.8 Å². The lowest BCUT2D eigenvalue weighted by molar-refractivity contribution is -0.658. The van der Waals surface area contributed by atoms with E-state index in [0.29, 0.717) is 17.9 Å². The number of hydrogen-bond acceptors (Lipinski definition) is 5. The van der Waals surface area contributed by atoms with Crippen molar-refractivity contribution in [3.63, 3.8) is 0 Å². The van der Waals surface area contributed by atoms with Gasteiger partial charge in [0.1, 0.15) is 19.4 Å². The number of carbonyl (C=O) groups is 2. The van der Waals surface area contributed by atoms with Gasteiger partial charge in [0.05, 0.1) is 12.7 Å². The van der Waals surface area contributed by atoms with Gasteiger partial charge in [-0.25, -0.2) is 9.80 Å². The Hall–Kier alpha value is -2.02. The van der Waals surface area contributed by atoms with Crippen molar-refractivity contribution in [1.29, 1.82) is 0 Å². The first-order valence-corrected chi connectivity index (χ1v) is 8.09. The van der Waals surface area contributed by atoms with Gasteiger partial charge < -0.3 is 4.74 Å². The monoisotopic (exact) mass is 336 g/mol. The van der Waals surface area contributed by atoms with E-state index < -0.39 is 0 Å². The molecule has 0 saturated heterocycles. The van der Waals surface area contributed by atoms with E-state index in [9.17, 15) is 9.59 Å². The van der Waals surface area contributed by atoms with Gasteiger partial charge in [0.2, 0.25) is 0 Å². The van der Waals surface area contributed by atoms with E-state index in [1.807, 2.05) is 30.7 Å². The van der Waals surface area contributed by atoms with Crippen LogP contribution in [0.2, 0.25) is 0 Å². The number of hydrazine groups is 1. The summed E-state index contributed by atoms with van der Waals surface area (Å²) >= 11 is 1.40. The number of ketones is 1. The molecule has 2 aliphatic heterocycles. The van der Waals surface area contributed by atoms with Crippen LogP contribution in [0.25, 0.3) is 0 Å². The smallest absolute Gasteiger partial charge is 0.342 e. The minimum atomic E-state index is -0.295. The van der Waals surface area contributed by atoms with Crippen LogP contribution >= 0.6 is 11.8 Å². The molecular weight excluding hydrogens is 314 g/mol. The van der Waals surface area contributed by atoms with Gasteiger partial charge in [0.15, 0.2) is 11.2 Å². The molecule has 0 fully saturated rings. The number of hydrogen-bond donors (Lipinski definition) is 0. The maximum Gasteiger partial charge on any atom is 0.342 e. The Morgan fingerprint density at radius 1 is 1.52 bits per heavy atom. The molecule has 0 saturated carbocycles. The fraction of sp³-hybridized carbons (Fsp3) is 0.438. The lowest BCUT2D eigenvalue weighted by Crippen LogP contribution is -2.38. The molecule has 1 atom stereocenters. The number of allylic oxidation sites excluding steroid dienone is 1. The van der Waals surface area contributed by atoms with Gasteiger partial charge in [-0.3, -0.25) is 4.79 Å². The number of Topliss-reactive ketones (excluding diaryl/α,β-unsaturated/α-hetero) is 1. The fourth-order valence-electron chi connectivity index (χ4n) is 2.46. The van der Waals surface area contributed by atoms with E-state index >= 15 is 0 Å². The summed E-state index contributed by atoms with van der Waals surface area (Å²) in [5.74, 6) is 0.481. The van der Waals surface area contributed by atoms with Crippen LogP contribution in [-0.4, -0.2) is 64.6 Å². The summed E-state index contributed by atoms with van der Waals surface area (Å²) in [7, 11) is 5.24. The van der Waals surface area contributed by atoms with Gasteiger partial charge in [0, 0.05) is 18.8 Å². The third-order valence-corrected chi connectivity index (χ3v) is 5.47. The summed E-state index contributed by atoms with van der Waals surface area (Å²) in [5.41, 5.74) is 1.62. The third kappa shape index (κ3) is 3.19. The van der Waals surface area contributed by atoms with Crippen LogP contribution in [0.15, 0.2) is 35.6 Å². The standard InChI is InChI=1S/C16H22N3O3S/c1-10-9-19(14(21)13(10)8-7-11(2)22-6)16-18(5)17(4)15(23-16)12(3)20/h7-8,15H,2,9H2,1,3-6H3/q+1. The number of amidine groups is 1. The second-order valence-corrected chi connectivity index (χ2v) is 6.60. The second-order valence-electron chi connectivity index (χ2n) is 5.55. The molecule has 0 aromatic carbocycles. The quantitative estimate of drug-likeness (QED) is 0.441. The number of carbonyl (C=O) groups excluding carboxylic acids is 2. The fourth-order valence-corrected chi connectivity index (χ4v) is 3.68. The largest absolute Gasteiger partial charge is 0.497 e. The number of ether oxygens (including phenoxy) is 1. The molecule has 1 unspecified atom stereocenters. The first-order chi connectivity index (χ1) is 10.8. The van der Waals surface area contributed by atoms with Gasteiger partial charge in [0.25, 0.3) is 0 Å². The molecule has 0 radical (unpaired) electrons. The molecule has 7 heteroatoms. The topological polar surface area (TPSA) is 52.9 Å². The van der Waals surface area contributed by atoms with Crippen molar-refractivity contribution in [2.24, 2.45) is 0 Å². The van der Waals surface area contributed by atoms with Crippen molar-refractivity contribution in [3.8, 4) is 0 Å². The molecule has 1 amide bonds. The summed E-state index contributed by atoms with van der Waals surface area (Å²) in [6.45, 7) is 7.72. The zero-order valence-corrected chi connectivity index (χ0v) is 14.9. The van der Waals surface area contributed by atoms with Crippen molar-refractivity contribution in [3.05, 3.63) is 35.6 Å². The maximum absolute atomic E-state index is 12.7. The van der Waals surface area contributed by atoms with Crippen molar-refractivity contribution >= 4 is 28.6 Å². The van der Waals surface area contributed by atoms with E-state index in [-0.39, 0.29) is 17.1 Å². The van der Waals surface area contributed by atoms with Crippen molar-refractivity contribution in [2.45, 2.75) is 19.2 Å². The van der Waals surface area contributed by atoms with Gasteiger partial charge in [-0.2, -0.15) is 9.58 Å². The van der Waals surface area contributed by atoms with Crippen LogP contribution in [0.3, 0.4) is 0 Å². The Labute approximate surface area is 140 Å². The molecule has 23 heavy (non-hydrogen) atoms. The molecule has 6 nitrogen and oxygen atoms in total. The Morgan fingerprint density at radius 2 is 2.17 bits per heavy atom. The molecule has 124 valence electrons. The molecule has 0 aromatic heterocycles. The molecule has 2 heterocycles.